The van der Waals surface area contributed by atoms with E-state index in [1.807, 2.05) is 6.07 Å². The molecule has 0 atom stereocenters. The Morgan fingerprint density at radius 1 is 1.07 bits per heavy atom. The van der Waals surface area contributed by atoms with Gasteiger partial charge in [0.2, 0.25) is 10.0 Å². The second-order valence-electron chi connectivity index (χ2n) is 6.68. The van der Waals surface area contributed by atoms with Gasteiger partial charge < -0.3 is 5.32 Å². The highest BCUT2D eigenvalue weighted by atomic mass is 79.9. The van der Waals surface area contributed by atoms with Crippen molar-refractivity contribution in [3.05, 3.63) is 75.0 Å². The normalized spacial score (nSPS) is 11.6. The van der Waals surface area contributed by atoms with E-state index >= 15 is 0 Å². The maximum absolute atomic E-state index is 12.7. The molecule has 3 aromatic rings. The van der Waals surface area contributed by atoms with Gasteiger partial charge in [0.15, 0.2) is 0 Å². The summed E-state index contributed by atoms with van der Waals surface area (Å²) in [6.07, 6.45) is 4.83. The molecule has 0 amide bonds. The number of pyridine rings is 1. The Morgan fingerprint density at radius 3 is 2.57 bits per heavy atom. The molecule has 30 heavy (non-hydrogen) atoms. The van der Waals surface area contributed by atoms with Crippen LogP contribution in [0.4, 0.5) is 5.69 Å². The summed E-state index contributed by atoms with van der Waals surface area (Å²) in [5.41, 5.74) is 1.11. The van der Waals surface area contributed by atoms with Gasteiger partial charge in [-0.1, -0.05) is 28.1 Å². The number of nitro benzene ring substituents is 1. The number of aryl methyl sites for hydroxylation is 1. The van der Waals surface area contributed by atoms with Gasteiger partial charge in [-0.15, -0.1) is 0 Å². The van der Waals surface area contributed by atoms with Crippen molar-refractivity contribution in [2.75, 3.05) is 19.6 Å². The molecule has 0 fully saturated rings. The first-order chi connectivity index (χ1) is 14.4. The smallest absolute Gasteiger partial charge is 0.269 e. The van der Waals surface area contributed by atoms with Gasteiger partial charge in [0.25, 0.3) is 5.69 Å². The zero-order chi connectivity index (χ0) is 21.6. The number of aromatic nitrogens is 1. The Hall–Kier alpha value is -2.40. The van der Waals surface area contributed by atoms with Crippen LogP contribution in [0.15, 0.2) is 64.2 Å². The summed E-state index contributed by atoms with van der Waals surface area (Å²) in [4.78, 5) is 14.5. The second-order valence-corrected chi connectivity index (χ2v) is 9.33. The van der Waals surface area contributed by atoms with Crippen molar-refractivity contribution in [3.63, 3.8) is 0 Å². The van der Waals surface area contributed by atoms with Gasteiger partial charge in [-0.3, -0.25) is 15.1 Å². The predicted octanol–water partition coefficient (Wildman–Crippen LogP) is 3.41. The van der Waals surface area contributed by atoms with Crippen molar-refractivity contribution >= 4 is 42.4 Å². The molecule has 0 radical (unpaired) electrons. The predicted molar refractivity (Wildman–Crippen MR) is 119 cm³/mol. The standard InChI is InChI=1S/C20H21BrN4O4S/c21-17-12-16-14-23-9-7-19(16)20(13-17)30(28,29)24-11-10-22-8-1-2-15-3-5-18(6-4-15)25(26)27/h3-7,9,12-14,22,24H,1-2,8,10-11H2. The van der Waals surface area contributed by atoms with Crippen molar-refractivity contribution in [1.29, 1.82) is 0 Å². The van der Waals surface area contributed by atoms with Gasteiger partial charge in [-0.05, 0) is 43.1 Å². The van der Waals surface area contributed by atoms with Crippen LogP contribution in [0.3, 0.4) is 0 Å². The van der Waals surface area contributed by atoms with E-state index in [1.54, 1.807) is 36.7 Å². The maximum atomic E-state index is 12.7. The highest BCUT2D eigenvalue weighted by Gasteiger charge is 2.17. The summed E-state index contributed by atoms with van der Waals surface area (Å²) < 4.78 is 28.7. The third kappa shape index (κ3) is 5.82. The molecule has 0 aliphatic heterocycles. The Morgan fingerprint density at radius 2 is 1.83 bits per heavy atom. The lowest BCUT2D eigenvalue weighted by Gasteiger charge is -2.11. The van der Waals surface area contributed by atoms with E-state index < -0.39 is 14.9 Å². The molecule has 10 heteroatoms. The van der Waals surface area contributed by atoms with Crippen LogP contribution in [-0.2, 0) is 16.4 Å². The monoisotopic (exact) mass is 492 g/mol. The molecule has 0 spiro atoms. The van der Waals surface area contributed by atoms with Gasteiger partial charge in [0, 0.05) is 52.9 Å². The lowest BCUT2D eigenvalue weighted by molar-refractivity contribution is -0.384. The molecular weight excluding hydrogens is 472 g/mol. The number of sulfonamides is 1. The highest BCUT2D eigenvalue weighted by Crippen LogP contribution is 2.26. The summed E-state index contributed by atoms with van der Waals surface area (Å²) in [6, 6.07) is 11.6. The van der Waals surface area contributed by atoms with E-state index in [-0.39, 0.29) is 17.1 Å². The fourth-order valence-corrected chi connectivity index (χ4v) is 4.95. The summed E-state index contributed by atoms with van der Waals surface area (Å²) in [7, 11) is -3.66. The molecule has 0 saturated carbocycles. The Bertz CT molecular complexity index is 1140. The summed E-state index contributed by atoms with van der Waals surface area (Å²) >= 11 is 3.35. The number of benzene rings is 2. The van der Waals surface area contributed by atoms with E-state index in [2.05, 4.69) is 31.0 Å². The Labute approximate surface area is 183 Å². The van der Waals surface area contributed by atoms with Gasteiger partial charge in [0.1, 0.15) is 0 Å². The van der Waals surface area contributed by atoms with E-state index in [4.69, 9.17) is 0 Å². The van der Waals surface area contributed by atoms with E-state index in [0.29, 0.717) is 22.9 Å². The molecule has 8 nitrogen and oxygen atoms in total. The minimum Gasteiger partial charge on any atom is -0.315 e. The van der Waals surface area contributed by atoms with Crippen LogP contribution in [0.1, 0.15) is 12.0 Å². The van der Waals surface area contributed by atoms with E-state index in [1.165, 1.54) is 12.1 Å². The van der Waals surface area contributed by atoms with Crippen LogP contribution >= 0.6 is 15.9 Å². The number of nitro groups is 1. The largest absolute Gasteiger partial charge is 0.315 e. The average molecular weight is 493 g/mol. The van der Waals surface area contributed by atoms with Crippen LogP contribution < -0.4 is 10.0 Å². The van der Waals surface area contributed by atoms with Gasteiger partial charge in [-0.25, -0.2) is 13.1 Å². The molecule has 0 unspecified atom stereocenters. The van der Waals surface area contributed by atoms with Crippen LogP contribution in [0, 0.1) is 10.1 Å². The maximum Gasteiger partial charge on any atom is 0.269 e. The first-order valence-electron chi connectivity index (χ1n) is 9.34. The molecule has 0 aliphatic carbocycles. The van der Waals surface area contributed by atoms with Crippen molar-refractivity contribution < 1.29 is 13.3 Å². The van der Waals surface area contributed by atoms with Crippen molar-refractivity contribution in [3.8, 4) is 0 Å². The lowest BCUT2D eigenvalue weighted by Crippen LogP contribution is -2.32. The van der Waals surface area contributed by atoms with Gasteiger partial charge in [0.05, 0.1) is 9.82 Å². The van der Waals surface area contributed by atoms with E-state index in [9.17, 15) is 18.5 Å². The first-order valence-corrected chi connectivity index (χ1v) is 11.6. The molecular formula is C20H21BrN4O4S. The Balaban J connectivity index is 1.45. The molecule has 1 heterocycles. The number of halogens is 1. The quantitative estimate of drug-likeness (QED) is 0.254. The number of non-ortho nitro benzene ring substituents is 1. The molecule has 158 valence electrons. The molecule has 0 aliphatic rings. The number of fused-ring (bicyclic) bond motifs is 1. The Kier molecular flexibility index (Phi) is 7.48. The molecule has 3 rings (SSSR count). The third-order valence-corrected chi connectivity index (χ3v) is 6.49. The third-order valence-electron chi connectivity index (χ3n) is 4.53. The van der Waals surface area contributed by atoms with E-state index in [0.717, 1.165) is 23.8 Å². The van der Waals surface area contributed by atoms with Gasteiger partial charge >= 0.3 is 0 Å². The van der Waals surface area contributed by atoms with Crippen molar-refractivity contribution in [1.82, 2.24) is 15.0 Å². The highest BCUT2D eigenvalue weighted by molar-refractivity contribution is 9.10. The molecule has 2 N–H and O–H groups in total. The second kappa shape index (κ2) is 10.1. The van der Waals surface area contributed by atoms with Crippen molar-refractivity contribution in [2.24, 2.45) is 0 Å². The SMILES string of the molecule is O=[N+]([O-])c1ccc(CCCNCCNS(=O)(=O)c2cc(Br)cc3cnccc23)cc1. The molecule has 0 bridgehead atoms. The zero-order valence-corrected chi connectivity index (χ0v) is 18.4. The van der Waals surface area contributed by atoms with Crippen LogP contribution in [-0.4, -0.2) is 38.0 Å². The summed E-state index contributed by atoms with van der Waals surface area (Å²) in [5.74, 6) is 0. The number of hydrogen-bond donors (Lipinski definition) is 2. The fraction of sp³-hybridized carbons (Fsp3) is 0.250. The van der Waals surface area contributed by atoms with Crippen LogP contribution in [0.25, 0.3) is 10.8 Å². The van der Waals surface area contributed by atoms with Crippen LogP contribution in [0.5, 0.6) is 0 Å². The number of nitrogens with zero attached hydrogens (tertiary/aromatic N) is 2. The first kappa shape index (κ1) is 22.3. The molecule has 2 aromatic carbocycles. The number of hydrogen-bond acceptors (Lipinski definition) is 6. The van der Waals surface area contributed by atoms with Crippen LogP contribution in [0.2, 0.25) is 0 Å². The number of rotatable bonds is 10. The summed E-state index contributed by atoms with van der Waals surface area (Å²) in [5, 5.41) is 15.2. The van der Waals surface area contributed by atoms with Crippen molar-refractivity contribution in [2.45, 2.75) is 17.7 Å². The minimum absolute atomic E-state index is 0.0821. The average Bonchev–Trinajstić information content (AvgIpc) is 2.72. The molecule has 1 aromatic heterocycles. The summed E-state index contributed by atoms with van der Waals surface area (Å²) in [6.45, 7) is 1.47. The zero-order valence-electron chi connectivity index (χ0n) is 16.0. The topological polar surface area (TPSA) is 114 Å². The fourth-order valence-electron chi connectivity index (χ4n) is 3.04. The minimum atomic E-state index is -3.66. The lowest BCUT2D eigenvalue weighted by atomic mass is 10.1. The molecule has 0 saturated heterocycles. The number of nitrogens with one attached hydrogen (secondary N) is 2. The van der Waals surface area contributed by atoms with Gasteiger partial charge in [-0.2, -0.15) is 0 Å².